The van der Waals surface area contributed by atoms with E-state index in [0.29, 0.717) is 6.42 Å². The highest BCUT2D eigenvalue weighted by Gasteiger charge is 2.23. The fourth-order valence-electron chi connectivity index (χ4n) is 1.32. The molecule has 0 spiro atoms. The van der Waals surface area contributed by atoms with E-state index < -0.39 is 0 Å². The van der Waals surface area contributed by atoms with Crippen LogP contribution in [0, 0.1) is 0 Å². The van der Waals surface area contributed by atoms with E-state index in [1.807, 2.05) is 6.92 Å². The van der Waals surface area contributed by atoms with Gasteiger partial charge in [0.15, 0.2) is 0 Å². The first-order chi connectivity index (χ1) is 5.04. The summed E-state index contributed by atoms with van der Waals surface area (Å²) in [7, 11) is 1.67. The summed E-state index contributed by atoms with van der Waals surface area (Å²) in [4.78, 5) is 10.8. The highest BCUT2D eigenvalue weighted by atomic mass is 16.5. The molecular weight excluding hydrogens is 140 g/mol. The third-order valence-electron chi connectivity index (χ3n) is 1.89. The molecule has 66 valence electrons. The highest BCUT2D eigenvalue weighted by Crippen LogP contribution is 2.20. The van der Waals surface area contributed by atoms with Gasteiger partial charge < -0.3 is 4.74 Å². The van der Waals surface area contributed by atoms with Gasteiger partial charge in [-0.05, 0) is 20.3 Å². The van der Waals surface area contributed by atoms with Crippen LogP contribution in [0.1, 0.15) is 40.0 Å². The lowest BCUT2D eigenvalue weighted by Crippen LogP contribution is -2.29. The van der Waals surface area contributed by atoms with Gasteiger partial charge in [0.2, 0.25) is 0 Å². The Balaban J connectivity index is 3.98. The van der Waals surface area contributed by atoms with Gasteiger partial charge in [0.25, 0.3) is 0 Å². The molecule has 11 heavy (non-hydrogen) atoms. The van der Waals surface area contributed by atoms with Crippen molar-refractivity contribution in [2.45, 2.75) is 45.6 Å². The molecule has 0 aromatic heterocycles. The number of hydrogen-bond donors (Lipinski definition) is 0. The van der Waals surface area contributed by atoms with E-state index in [0.717, 1.165) is 12.8 Å². The van der Waals surface area contributed by atoms with Crippen LogP contribution < -0.4 is 0 Å². The number of ether oxygens (including phenoxy) is 1. The molecule has 0 aliphatic rings. The number of hydrogen-bond acceptors (Lipinski definition) is 2. The minimum atomic E-state index is -0.236. The van der Waals surface area contributed by atoms with Crippen LogP contribution in [0.25, 0.3) is 0 Å². The Hall–Kier alpha value is -0.370. The zero-order chi connectivity index (χ0) is 8.91. The van der Waals surface area contributed by atoms with Crippen LogP contribution in [0.15, 0.2) is 0 Å². The minimum absolute atomic E-state index is 0.197. The number of carbonyl (C=O) groups excluding carboxylic acids is 1. The van der Waals surface area contributed by atoms with E-state index in [9.17, 15) is 4.79 Å². The molecule has 0 aliphatic heterocycles. The molecule has 2 nitrogen and oxygen atoms in total. The van der Waals surface area contributed by atoms with E-state index in [1.54, 1.807) is 14.0 Å². The fourth-order valence-corrected chi connectivity index (χ4v) is 1.32. The molecular formula is C9H18O2. The lowest BCUT2D eigenvalue weighted by molar-refractivity contribution is -0.123. The zero-order valence-electron chi connectivity index (χ0n) is 7.94. The highest BCUT2D eigenvalue weighted by molar-refractivity contribution is 5.76. The summed E-state index contributed by atoms with van der Waals surface area (Å²) in [6.45, 7) is 5.68. The maximum Gasteiger partial charge on any atom is 0.132 e. The maximum atomic E-state index is 10.8. The van der Waals surface area contributed by atoms with Crippen molar-refractivity contribution in [1.29, 1.82) is 0 Å². The molecule has 0 N–H and O–H groups in total. The minimum Gasteiger partial charge on any atom is -0.378 e. The third-order valence-corrected chi connectivity index (χ3v) is 1.89. The summed E-state index contributed by atoms with van der Waals surface area (Å²) in [6.07, 6.45) is 2.53. The molecule has 1 atom stereocenters. The van der Waals surface area contributed by atoms with Gasteiger partial charge >= 0.3 is 0 Å². The van der Waals surface area contributed by atoms with Crippen molar-refractivity contribution in [3.05, 3.63) is 0 Å². The largest absolute Gasteiger partial charge is 0.378 e. The Labute approximate surface area is 68.9 Å². The molecule has 0 radical (unpaired) electrons. The maximum absolute atomic E-state index is 10.8. The summed E-state index contributed by atoms with van der Waals surface area (Å²) in [5.41, 5.74) is -0.236. The van der Waals surface area contributed by atoms with Crippen molar-refractivity contribution in [1.82, 2.24) is 0 Å². The van der Waals surface area contributed by atoms with Gasteiger partial charge in [0.05, 0.1) is 5.60 Å². The molecule has 0 bridgehead atoms. The summed E-state index contributed by atoms with van der Waals surface area (Å²) < 4.78 is 5.27. The van der Waals surface area contributed by atoms with Gasteiger partial charge in [-0.3, -0.25) is 4.79 Å². The lowest BCUT2D eigenvalue weighted by Gasteiger charge is -2.26. The Morgan fingerprint density at radius 2 is 2.09 bits per heavy atom. The first-order valence-corrected chi connectivity index (χ1v) is 4.08. The number of rotatable bonds is 5. The molecule has 0 fully saturated rings. The number of ketones is 1. The van der Waals surface area contributed by atoms with Crippen molar-refractivity contribution >= 4 is 5.78 Å². The van der Waals surface area contributed by atoms with Crippen molar-refractivity contribution in [2.24, 2.45) is 0 Å². The molecule has 2 heteroatoms. The standard InChI is InChI=1S/C9H18O2/c1-5-6-9(3,11-4)7-8(2)10/h5-7H2,1-4H3. The average molecular weight is 158 g/mol. The van der Waals surface area contributed by atoms with E-state index in [1.165, 1.54) is 0 Å². The first-order valence-electron chi connectivity index (χ1n) is 4.08. The van der Waals surface area contributed by atoms with Crippen LogP contribution in [0.3, 0.4) is 0 Å². The van der Waals surface area contributed by atoms with Crippen molar-refractivity contribution in [2.75, 3.05) is 7.11 Å². The van der Waals surface area contributed by atoms with Crippen LogP contribution in [-0.4, -0.2) is 18.5 Å². The van der Waals surface area contributed by atoms with Crippen LogP contribution in [-0.2, 0) is 9.53 Å². The predicted molar refractivity (Wildman–Crippen MR) is 45.6 cm³/mol. The van der Waals surface area contributed by atoms with E-state index in [-0.39, 0.29) is 11.4 Å². The SMILES string of the molecule is CCCC(C)(CC(C)=O)OC. The third kappa shape index (κ3) is 4.14. The number of carbonyl (C=O) groups is 1. The van der Waals surface area contributed by atoms with Crippen LogP contribution in [0.5, 0.6) is 0 Å². The van der Waals surface area contributed by atoms with Gasteiger partial charge in [-0.25, -0.2) is 0 Å². The second-order valence-electron chi connectivity index (χ2n) is 3.28. The molecule has 0 aliphatic carbocycles. The Bertz CT molecular complexity index is 132. The Kier molecular flexibility index (Phi) is 4.34. The van der Waals surface area contributed by atoms with Gasteiger partial charge in [-0.2, -0.15) is 0 Å². The smallest absolute Gasteiger partial charge is 0.132 e. The molecule has 0 heterocycles. The fraction of sp³-hybridized carbons (Fsp3) is 0.889. The molecule has 0 amide bonds. The molecule has 0 aromatic rings. The summed E-state index contributed by atoms with van der Waals surface area (Å²) in [6, 6.07) is 0. The second-order valence-corrected chi connectivity index (χ2v) is 3.28. The Morgan fingerprint density at radius 1 is 1.55 bits per heavy atom. The zero-order valence-corrected chi connectivity index (χ0v) is 7.94. The van der Waals surface area contributed by atoms with Crippen LogP contribution in [0.4, 0.5) is 0 Å². The number of Topliss-reactive ketones (excluding diaryl/α,β-unsaturated/α-hetero) is 1. The number of methoxy groups -OCH3 is 1. The van der Waals surface area contributed by atoms with Gasteiger partial charge in [-0.15, -0.1) is 0 Å². The quantitative estimate of drug-likeness (QED) is 0.613. The van der Waals surface area contributed by atoms with E-state index >= 15 is 0 Å². The summed E-state index contributed by atoms with van der Waals surface area (Å²) >= 11 is 0. The second kappa shape index (κ2) is 4.50. The summed E-state index contributed by atoms with van der Waals surface area (Å²) in [5, 5.41) is 0. The monoisotopic (exact) mass is 158 g/mol. The summed E-state index contributed by atoms with van der Waals surface area (Å²) in [5.74, 6) is 0.197. The molecule has 0 saturated carbocycles. The van der Waals surface area contributed by atoms with E-state index in [4.69, 9.17) is 4.74 Å². The van der Waals surface area contributed by atoms with E-state index in [2.05, 4.69) is 6.92 Å². The lowest BCUT2D eigenvalue weighted by atomic mass is 9.94. The molecule has 0 aromatic carbocycles. The van der Waals surface area contributed by atoms with Crippen molar-refractivity contribution < 1.29 is 9.53 Å². The van der Waals surface area contributed by atoms with Crippen LogP contribution >= 0.6 is 0 Å². The van der Waals surface area contributed by atoms with Gasteiger partial charge in [-0.1, -0.05) is 13.3 Å². The molecule has 0 saturated heterocycles. The molecule has 0 rings (SSSR count). The topological polar surface area (TPSA) is 26.3 Å². The van der Waals surface area contributed by atoms with Crippen molar-refractivity contribution in [3.63, 3.8) is 0 Å². The van der Waals surface area contributed by atoms with Crippen LogP contribution in [0.2, 0.25) is 0 Å². The Morgan fingerprint density at radius 3 is 2.36 bits per heavy atom. The van der Waals surface area contributed by atoms with Crippen molar-refractivity contribution in [3.8, 4) is 0 Å². The van der Waals surface area contributed by atoms with Gasteiger partial charge in [0, 0.05) is 13.5 Å². The predicted octanol–water partition coefficient (Wildman–Crippen LogP) is 2.17. The van der Waals surface area contributed by atoms with Gasteiger partial charge in [0.1, 0.15) is 5.78 Å². The average Bonchev–Trinajstić information content (AvgIpc) is 1.87. The first kappa shape index (κ1) is 10.6. The normalized spacial score (nSPS) is 16.0. The molecule has 1 unspecified atom stereocenters.